The highest BCUT2D eigenvalue weighted by molar-refractivity contribution is 7.88. The maximum absolute atomic E-state index is 10.5. The number of nitrogens with one attached hydrogen (secondary N) is 1. The van der Waals surface area contributed by atoms with E-state index in [1.807, 2.05) is 6.92 Å². The Bertz CT molecular complexity index is 197. The highest BCUT2D eigenvalue weighted by atomic mass is 32.2. The van der Waals surface area contributed by atoms with E-state index in [2.05, 4.69) is 4.72 Å². The van der Waals surface area contributed by atoms with Gasteiger partial charge in [-0.05, 0) is 12.3 Å². The fourth-order valence-corrected chi connectivity index (χ4v) is 1.64. The zero-order chi connectivity index (χ0) is 7.07. The molecule has 4 heteroatoms. The van der Waals surface area contributed by atoms with Crippen LogP contribution in [-0.4, -0.2) is 20.7 Å². The fraction of sp³-hybridized carbons (Fsp3) is 1.00. The molecule has 2 atom stereocenters. The smallest absolute Gasteiger partial charge is 0.208 e. The molecule has 0 radical (unpaired) electrons. The van der Waals surface area contributed by atoms with Crippen LogP contribution in [0.5, 0.6) is 0 Å². The summed E-state index contributed by atoms with van der Waals surface area (Å²) in [6.07, 6.45) is 2.19. The van der Waals surface area contributed by atoms with Crippen molar-refractivity contribution in [1.82, 2.24) is 4.72 Å². The van der Waals surface area contributed by atoms with Gasteiger partial charge in [-0.15, -0.1) is 0 Å². The topological polar surface area (TPSA) is 46.2 Å². The van der Waals surface area contributed by atoms with Crippen LogP contribution < -0.4 is 4.72 Å². The second-order valence-corrected chi connectivity index (χ2v) is 4.49. The van der Waals surface area contributed by atoms with Crippen LogP contribution in [0.2, 0.25) is 0 Å². The van der Waals surface area contributed by atoms with Crippen molar-refractivity contribution >= 4 is 10.0 Å². The molecule has 0 bridgehead atoms. The summed E-state index contributed by atoms with van der Waals surface area (Å²) in [5, 5.41) is 0. The lowest BCUT2D eigenvalue weighted by atomic mass is 10.5. The first-order valence-corrected chi connectivity index (χ1v) is 4.85. The van der Waals surface area contributed by atoms with Crippen molar-refractivity contribution in [3.63, 3.8) is 0 Å². The van der Waals surface area contributed by atoms with E-state index in [-0.39, 0.29) is 6.04 Å². The molecule has 0 saturated heterocycles. The Balaban J connectivity index is 2.37. The normalized spacial score (nSPS) is 34.4. The lowest BCUT2D eigenvalue weighted by Gasteiger charge is -1.96. The van der Waals surface area contributed by atoms with Crippen molar-refractivity contribution < 1.29 is 8.42 Å². The molecule has 9 heavy (non-hydrogen) atoms. The van der Waals surface area contributed by atoms with Crippen LogP contribution >= 0.6 is 0 Å². The monoisotopic (exact) mass is 149 g/mol. The van der Waals surface area contributed by atoms with Crippen LogP contribution in [0.1, 0.15) is 13.3 Å². The van der Waals surface area contributed by atoms with Gasteiger partial charge in [0.1, 0.15) is 0 Å². The summed E-state index contributed by atoms with van der Waals surface area (Å²) < 4.78 is 23.5. The second kappa shape index (κ2) is 1.95. The van der Waals surface area contributed by atoms with Crippen molar-refractivity contribution in [2.75, 3.05) is 6.26 Å². The molecule has 0 spiro atoms. The van der Waals surface area contributed by atoms with Crippen molar-refractivity contribution in [3.05, 3.63) is 0 Å². The molecule has 0 aromatic rings. The molecule has 0 aliphatic heterocycles. The first-order chi connectivity index (χ1) is 3.99. The van der Waals surface area contributed by atoms with Gasteiger partial charge in [0.2, 0.25) is 10.0 Å². The fourth-order valence-electron chi connectivity index (χ4n) is 0.761. The van der Waals surface area contributed by atoms with Crippen molar-refractivity contribution in [3.8, 4) is 0 Å². The third-order valence-electron chi connectivity index (χ3n) is 1.47. The molecule has 0 aromatic heterocycles. The first-order valence-electron chi connectivity index (χ1n) is 2.96. The molecular formula is C5H11NO2S. The second-order valence-electron chi connectivity index (χ2n) is 2.71. The van der Waals surface area contributed by atoms with Crippen LogP contribution in [0, 0.1) is 5.92 Å². The van der Waals surface area contributed by atoms with Gasteiger partial charge >= 0.3 is 0 Å². The molecule has 1 aliphatic rings. The van der Waals surface area contributed by atoms with Gasteiger partial charge in [0.25, 0.3) is 0 Å². The summed E-state index contributed by atoms with van der Waals surface area (Å²) in [5.41, 5.74) is 0. The average molecular weight is 149 g/mol. The molecule has 0 amide bonds. The Morgan fingerprint density at radius 1 is 1.56 bits per heavy atom. The Kier molecular flexibility index (Phi) is 1.52. The molecule has 54 valence electrons. The number of sulfonamides is 1. The minimum absolute atomic E-state index is 0.222. The quantitative estimate of drug-likeness (QED) is 0.598. The van der Waals surface area contributed by atoms with E-state index in [0.717, 1.165) is 6.42 Å². The van der Waals surface area contributed by atoms with Crippen LogP contribution in [0.4, 0.5) is 0 Å². The summed E-state index contributed by atoms with van der Waals surface area (Å²) in [7, 11) is -2.94. The van der Waals surface area contributed by atoms with Gasteiger partial charge in [0.05, 0.1) is 6.26 Å². The number of hydrogen-bond donors (Lipinski definition) is 1. The van der Waals surface area contributed by atoms with Gasteiger partial charge in [-0.1, -0.05) is 6.92 Å². The summed E-state index contributed by atoms with van der Waals surface area (Å²) in [5.74, 6) is 0.541. The van der Waals surface area contributed by atoms with E-state index in [9.17, 15) is 8.42 Å². The maximum atomic E-state index is 10.5. The molecule has 3 nitrogen and oxygen atoms in total. The average Bonchev–Trinajstić information content (AvgIpc) is 2.13. The molecular weight excluding hydrogens is 138 g/mol. The molecule has 0 aromatic carbocycles. The van der Waals surface area contributed by atoms with E-state index in [0.29, 0.717) is 5.92 Å². The van der Waals surface area contributed by atoms with Gasteiger partial charge < -0.3 is 0 Å². The minimum atomic E-state index is -2.94. The molecule has 1 N–H and O–H groups in total. The largest absolute Gasteiger partial charge is 0.213 e. The summed E-state index contributed by atoms with van der Waals surface area (Å²) in [4.78, 5) is 0. The summed E-state index contributed by atoms with van der Waals surface area (Å²) >= 11 is 0. The van der Waals surface area contributed by atoms with E-state index in [4.69, 9.17) is 0 Å². The third-order valence-corrected chi connectivity index (χ3v) is 2.21. The Morgan fingerprint density at radius 2 is 2.00 bits per heavy atom. The lowest BCUT2D eigenvalue weighted by Crippen LogP contribution is -2.24. The predicted octanol–water partition coefficient (Wildman–Crippen LogP) is -0.0560. The van der Waals surface area contributed by atoms with Gasteiger partial charge in [-0.25, -0.2) is 13.1 Å². The zero-order valence-corrected chi connectivity index (χ0v) is 6.40. The van der Waals surface area contributed by atoms with Gasteiger partial charge in [-0.3, -0.25) is 0 Å². The van der Waals surface area contributed by atoms with E-state index in [1.165, 1.54) is 6.26 Å². The van der Waals surface area contributed by atoms with Crippen molar-refractivity contribution in [2.45, 2.75) is 19.4 Å². The summed E-state index contributed by atoms with van der Waals surface area (Å²) in [6, 6.07) is 0.222. The lowest BCUT2D eigenvalue weighted by molar-refractivity contribution is 0.584. The third kappa shape index (κ3) is 2.32. The highest BCUT2D eigenvalue weighted by Crippen LogP contribution is 2.29. The predicted molar refractivity (Wildman–Crippen MR) is 35.5 cm³/mol. The van der Waals surface area contributed by atoms with Crippen molar-refractivity contribution in [2.24, 2.45) is 5.92 Å². The molecule has 1 saturated carbocycles. The molecule has 0 heterocycles. The minimum Gasteiger partial charge on any atom is -0.213 e. The molecule has 1 fully saturated rings. The van der Waals surface area contributed by atoms with Gasteiger partial charge in [0.15, 0.2) is 0 Å². The van der Waals surface area contributed by atoms with E-state index < -0.39 is 10.0 Å². The maximum Gasteiger partial charge on any atom is 0.208 e. The molecule has 1 aliphatic carbocycles. The zero-order valence-electron chi connectivity index (χ0n) is 5.59. The Morgan fingerprint density at radius 3 is 2.11 bits per heavy atom. The van der Waals surface area contributed by atoms with Gasteiger partial charge in [0, 0.05) is 6.04 Å². The van der Waals surface area contributed by atoms with E-state index in [1.54, 1.807) is 0 Å². The molecule has 0 unspecified atom stereocenters. The standard InChI is InChI=1S/C5H11NO2S/c1-4-3-5(4)6-9(2,7)8/h4-6H,3H2,1-2H3/t4-,5-/m0/s1. The SMILES string of the molecule is C[C@H]1C[C@@H]1NS(C)(=O)=O. The van der Waals surface area contributed by atoms with Crippen LogP contribution in [-0.2, 0) is 10.0 Å². The highest BCUT2D eigenvalue weighted by Gasteiger charge is 2.34. The number of hydrogen-bond acceptors (Lipinski definition) is 2. The Hall–Kier alpha value is -0.0900. The van der Waals surface area contributed by atoms with Crippen LogP contribution in [0.25, 0.3) is 0 Å². The van der Waals surface area contributed by atoms with Crippen LogP contribution in [0.3, 0.4) is 0 Å². The Labute approximate surface area is 55.5 Å². The molecule has 1 rings (SSSR count). The van der Waals surface area contributed by atoms with Gasteiger partial charge in [-0.2, -0.15) is 0 Å². The number of rotatable bonds is 2. The summed E-state index contributed by atoms with van der Waals surface area (Å²) in [6.45, 7) is 2.03. The van der Waals surface area contributed by atoms with Crippen LogP contribution in [0.15, 0.2) is 0 Å². The van der Waals surface area contributed by atoms with E-state index >= 15 is 0 Å². The first kappa shape index (κ1) is 7.02. The van der Waals surface area contributed by atoms with Crippen molar-refractivity contribution in [1.29, 1.82) is 0 Å².